The van der Waals surface area contributed by atoms with E-state index in [9.17, 15) is 0 Å². The minimum atomic E-state index is 0.109. The molecule has 0 aromatic heterocycles. The van der Waals surface area contributed by atoms with Gasteiger partial charge >= 0.3 is 0 Å². The molecule has 56 valence electrons. The van der Waals surface area contributed by atoms with Crippen LogP contribution >= 0.6 is 23.2 Å². The lowest BCUT2D eigenvalue weighted by Crippen LogP contribution is -2.09. The van der Waals surface area contributed by atoms with E-state index in [4.69, 9.17) is 23.2 Å². The van der Waals surface area contributed by atoms with Crippen LogP contribution in [0.2, 0.25) is 0 Å². The molecule has 0 aliphatic carbocycles. The zero-order valence-electron chi connectivity index (χ0n) is 6.03. The summed E-state index contributed by atoms with van der Waals surface area (Å²) in [6.45, 7) is 4.09. The van der Waals surface area contributed by atoms with E-state index in [2.05, 4.69) is 6.92 Å². The summed E-state index contributed by atoms with van der Waals surface area (Å²) in [7, 11) is 0. The lowest BCUT2D eigenvalue weighted by molar-refractivity contribution is 0.668. The van der Waals surface area contributed by atoms with Crippen LogP contribution in [-0.2, 0) is 0 Å². The van der Waals surface area contributed by atoms with Crippen molar-refractivity contribution in [3.05, 3.63) is 0 Å². The number of rotatable bonds is 4. The number of hydrogen-bond acceptors (Lipinski definition) is 0. The molecule has 0 bridgehead atoms. The standard InChI is InChI=1S/C7H14Cl2/c1-3-4-5-7(9)6(2)8/h6-7H,3-5H2,1-2H3/t6-,7+/m1/s1. The first-order chi connectivity index (χ1) is 4.18. The van der Waals surface area contributed by atoms with Gasteiger partial charge in [0, 0.05) is 10.8 Å². The number of hydrogen-bond donors (Lipinski definition) is 0. The summed E-state index contributed by atoms with van der Waals surface area (Å²) in [4.78, 5) is 0. The van der Waals surface area contributed by atoms with Crippen LogP contribution in [0, 0.1) is 0 Å². The van der Waals surface area contributed by atoms with Crippen LogP contribution in [0.5, 0.6) is 0 Å². The Hall–Kier alpha value is 0.580. The van der Waals surface area contributed by atoms with E-state index < -0.39 is 0 Å². The quantitative estimate of drug-likeness (QED) is 0.565. The smallest absolute Gasteiger partial charge is 0.0497 e. The predicted octanol–water partition coefficient (Wildman–Crippen LogP) is 3.41. The molecule has 0 aliphatic rings. The fourth-order valence-corrected chi connectivity index (χ4v) is 0.909. The van der Waals surface area contributed by atoms with E-state index >= 15 is 0 Å². The largest absolute Gasteiger partial charge is 0.122 e. The maximum absolute atomic E-state index is 5.86. The Labute approximate surface area is 67.5 Å². The van der Waals surface area contributed by atoms with Gasteiger partial charge in [-0.25, -0.2) is 0 Å². The summed E-state index contributed by atoms with van der Waals surface area (Å²) in [5.74, 6) is 0. The predicted molar refractivity (Wildman–Crippen MR) is 44.5 cm³/mol. The van der Waals surface area contributed by atoms with Crippen molar-refractivity contribution >= 4 is 23.2 Å². The molecule has 0 N–H and O–H groups in total. The summed E-state index contributed by atoms with van der Waals surface area (Å²) in [5.41, 5.74) is 0. The summed E-state index contributed by atoms with van der Waals surface area (Å²) in [6.07, 6.45) is 3.43. The minimum Gasteiger partial charge on any atom is -0.122 e. The van der Waals surface area contributed by atoms with Gasteiger partial charge in [0.2, 0.25) is 0 Å². The summed E-state index contributed by atoms with van der Waals surface area (Å²) < 4.78 is 0. The highest BCUT2D eigenvalue weighted by molar-refractivity contribution is 6.29. The maximum atomic E-state index is 5.86. The Bertz CT molecular complexity index is 61.9. The third-order valence-corrected chi connectivity index (χ3v) is 2.36. The van der Waals surface area contributed by atoms with E-state index in [1.54, 1.807) is 0 Å². The van der Waals surface area contributed by atoms with E-state index in [0.29, 0.717) is 0 Å². The highest BCUT2D eigenvalue weighted by Gasteiger charge is 2.09. The molecule has 0 amide bonds. The van der Waals surface area contributed by atoms with E-state index in [0.717, 1.165) is 6.42 Å². The molecular formula is C7H14Cl2. The Balaban J connectivity index is 3.16. The molecule has 2 atom stereocenters. The van der Waals surface area contributed by atoms with E-state index in [-0.39, 0.29) is 10.8 Å². The molecule has 9 heavy (non-hydrogen) atoms. The average Bonchev–Trinajstić information content (AvgIpc) is 1.82. The number of unbranched alkanes of at least 4 members (excludes halogenated alkanes) is 1. The number of alkyl halides is 2. The molecule has 0 heterocycles. The maximum Gasteiger partial charge on any atom is 0.0497 e. The van der Waals surface area contributed by atoms with Crippen molar-refractivity contribution in [1.29, 1.82) is 0 Å². The fraction of sp³-hybridized carbons (Fsp3) is 1.00. The summed E-state index contributed by atoms with van der Waals surface area (Å²) >= 11 is 11.6. The fourth-order valence-electron chi connectivity index (χ4n) is 0.629. The van der Waals surface area contributed by atoms with Gasteiger partial charge in [-0.15, -0.1) is 23.2 Å². The molecule has 2 heteroatoms. The van der Waals surface area contributed by atoms with Crippen LogP contribution in [0.4, 0.5) is 0 Å². The first-order valence-electron chi connectivity index (χ1n) is 3.46. The molecule has 0 radical (unpaired) electrons. The normalized spacial score (nSPS) is 17.3. The Morgan fingerprint density at radius 2 is 1.89 bits per heavy atom. The van der Waals surface area contributed by atoms with Gasteiger partial charge in [-0.2, -0.15) is 0 Å². The van der Waals surface area contributed by atoms with Gasteiger partial charge in [0.25, 0.3) is 0 Å². The SMILES string of the molecule is CCCC[C@H](Cl)[C@@H](C)Cl. The topological polar surface area (TPSA) is 0 Å². The third-order valence-electron chi connectivity index (χ3n) is 1.33. The molecule has 0 saturated carbocycles. The van der Waals surface area contributed by atoms with Crippen LogP contribution in [-0.4, -0.2) is 10.8 Å². The van der Waals surface area contributed by atoms with Gasteiger partial charge in [-0.3, -0.25) is 0 Å². The van der Waals surface area contributed by atoms with Crippen molar-refractivity contribution in [2.75, 3.05) is 0 Å². The molecule has 0 aliphatic heterocycles. The molecule has 0 unspecified atom stereocenters. The van der Waals surface area contributed by atoms with Crippen LogP contribution in [0.25, 0.3) is 0 Å². The lowest BCUT2D eigenvalue weighted by Gasteiger charge is -2.09. The van der Waals surface area contributed by atoms with Crippen LogP contribution in [0.1, 0.15) is 33.1 Å². The molecule has 0 nitrogen and oxygen atoms in total. The zero-order chi connectivity index (χ0) is 7.28. The van der Waals surface area contributed by atoms with Gasteiger partial charge in [-0.1, -0.05) is 19.8 Å². The van der Waals surface area contributed by atoms with Gasteiger partial charge < -0.3 is 0 Å². The van der Waals surface area contributed by atoms with Gasteiger partial charge in [-0.05, 0) is 13.3 Å². The minimum absolute atomic E-state index is 0.109. The van der Waals surface area contributed by atoms with E-state index in [1.807, 2.05) is 6.92 Å². The second kappa shape index (κ2) is 5.37. The number of halogens is 2. The monoisotopic (exact) mass is 168 g/mol. The Kier molecular flexibility index (Phi) is 5.72. The first kappa shape index (κ1) is 9.58. The Morgan fingerprint density at radius 1 is 1.33 bits per heavy atom. The highest BCUT2D eigenvalue weighted by Crippen LogP contribution is 2.15. The van der Waals surface area contributed by atoms with Crippen molar-refractivity contribution < 1.29 is 0 Å². The van der Waals surface area contributed by atoms with Crippen molar-refractivity contribution in [3.63, 3.8) is 0 Å². The second-order valence-electron chi connectivity index (χ2n) is 2.34. The van der Waals surface area contributed by atoms with Crippen LogP contribution in [0.15, 0.2) is 0 Å². The molecule has 0 spiro atoms. The molecular weight excluding hydrogens is 155 g/mol. The van der Waals surface area contributed by atoms with Crippen molar-refractivity contribution in [3.8, 4) is 0 Å². The van der Waals surface area contributed by atoms with Gasteiger partial charge in [0.1, 0.15) is 0 Å². The van der Waals surface area contributed by atoms with Crippen molar-refractivity contribution in [2.24, 2.45) is 0 Å². The zero-order valence-corrected chi connectivity index (χ0v) is 7.54. The Morgan fingerprint density at radius 3 is 2.22 bits per heavy atom. The summed E-state index contributed by atoms with van der Waals surface area (Å²) in [5, 5.41) is 0.268. The lowest BCUT2D eigenvalue weighted by atomic mass is 10.2. The third kappa shape index (κ3) is 5.05. The first-order valence-corrected chi connectivity index (χ1v) is 4.34. The van der Waals surface area contributed by atoms with Gasteiger partial charge in [0.05, 0.1) is 0 Å². The molecule has 0 saturated heterocycles. The molecule has 0 fully saturated rings. The van der Waals surface area contributed by atoms with Crippen molar-refractivity contribution in [1.82, 2.24) is 0 Å². The van der Waals surface area contributed by atoms with Gasteiger partial charge in [0.15, 0.2) is 0 Å². The molecule has 0 rings (SSSR count). The molecule has 0 aromatic rings. The second-order valence-corrected chi connectivity index (χ2v) is 3.58. The van der Waals surface area contributed by atoms with E-state index in [1.165, 1.54) is 12.8 Å². The van der Waals surface area contributed by atoms with Crippen LogP contribution < -0.4 is 0 Å². The van der Waals surface area contributed by atoms with Crippen molar-refractivity contribution in [2.45, 2.75) is 43.9 Å². The van der Waals surface area contributed by atoms with Crippen LogP contribution in [0.3, 0.4) is 0 Å². The molecule has 0 aromatic carbocycles. The highest BCUT2D eigenvalue weighted by atomic mass is 35.5. The summed E-state index contributed by atoms with van der Waals surface area (Å²) in [6, 6.07) is 0. The average molecular weight is 169 g/mol.